The van der Waals surface area contributed by atoms with Crippen LogP contribution in [-0.4, -0.2) is 25.1 Å². The van der Waals surface area contributed by atoms with Crippen molar-refractivity contribution in [2.75, 3.05) is 20.2 Å². The van der Waals surface area contributed by atoms with Crippen LogP contribution in [0.3, 0.4) is 0 Å². The third-order valence-corrected chi connectivity index (χ3v) is 6.02. The third-order valence-electron chi connectivity index (χ3n) is 6.02. The van der Waals surface area contributed by atoms with Crippen molar-refractivity contribution >= 4 is 11.3 Å². The third kappa shape index (κ3) is 5.01. The fraction of sp³-hybridized carbons (Fsp3) is 0.161. The molecule has 2 heteroatoms. The van der Waals surface area contributed by atoms with E-state index in [0.717, 1.165) is 18.8 Å². The Labute approximate surface area is 197 Å². The molecule has 4 aromatic rings. The van der Waals surface area contributed by atoms with Gasteiger partial charge in [0.05, 0.1) is 12.8 Å². The van der Waals surface area contributed by atoms with Gasteiger partial charge >= 0.3 is 0 Å². The topological polar surface area (TPSA) is 12.5 Å². The first kappa shape index (κ1) is 22.4. The molecule has 0 saturated carbocycles. The molecule has 33 heavy (non-hydrogen) atoms. The lowest BCUT2D eigenvalue weighted by molar-refractivity contribution is 0.414. The summed E-state index contributed by atoms with van der Waals surface area (Å²) < 4.78 is 5.42. The van der Waals surface area contributed by atoms with Gasteiger partial charge in [-0.15, -0.1) is 0 Å². The fourth-order valence-corrected chi connectivity index (χ4v) is 4.28. The molecule has 0 atom stereocenters. The monoisotopic (exact) mass is 433 g/mol. The van der Waals surface area contributed by atoms with E-state index in [2.05, 4.69) is 116 Å². The van der Waals surface area contributed by atoms with E-state index in [1.54, 1.807) is 7.11 Å². The van der Waals surface area contributed by atoms with Crippen LogP contribution in [0.2, 0.25) is 0 Å². The average molecular weight is 434 g/mol. The predicted molar refractivity (Wildman–Crippen MR) is 140 cm³/mol. The van der Waals surface area contributed by atoms with Crippen molar-refractivity contribution in [2.45, 2.75) is 13.8 Å². The summed E-state index contributed by atoms with van der Waals surface area (Å²) >= 11 is 0. The second-order valence-corrected chi connectivity index (χ2v) is 7.93. The van der Waals surface area contributed by atoms with Crippen LogP contribution in [0.15, 0.2) is 109 Å². The zero-order valence-electron chi connectivity index (χ0n) is 19.7. The molecular weight excluding hydrogens is 402 g/mol. The molecule has 4 aromatic carbocycles. The van der Waals surface area contributed by atoms with Crippen molar-refractivity contribution in [2.24, 2.45) is 0 Å². The quantitative estimate of drug-likeness (QED) is 0.265. The summed E-state index contributed by atoms with van der Waals surface area (Å²) in [6.45, 7) is 6.29. The lowest BCUT2D eigenvalue weighted by Gasteiger charge is -2.29. The first-order chi connectivity index (χ1) is 16.2. The summed E-state index contributed by atoms with van der Waals surface area (Å²) in [6, 6.07) is 38.6. The van der Waals surface area contributed by atoms with Gasteiger partial charge in [0, 0.05) is 18.7 Å². The molecule has 166 valence electrons. The maximum absolute atomic E-state index is 5.42. The minimum absolute atomic E-state index is 0.867. The van der Waals surface area contributed by atoms with Crippen LogP contribution in [0.1, 0.15) is 30.5 Å². The first-order valence-corrected chi connectivity index (χ1v) is 11.6. The summed E-state index contributed by atoms with van der Waals surface area (Å²) in [5.74, 6) is 0.867. The first-order valence-electron chi connectivity index (χ1n) is 11.6. The Balaban J connectivity index is 1.93. The van der Waals surface area contributed by atoms with Crippen molar-refractivity contribution in [1.29, 1.82) is 0 Å². The Hall–Kier alpha value is -3.78. The molecule has 0 N–H and O–H groups in total. The fourth-order valence-electron chi connectivity index (χ4n) is 4.28. The largest absolute Gasteiger partial charge is 0.497 e. The van der Waals surface area contributed by atoms with Gasteiger partial charge in [-0.2, -0.15) is 0 Å². The standard InChI is InChI=1S/C31H31NO/c1-4-32(5-2)31(28-20-22-29(33-3)23-21-28)30(26-14-10-7-11-15-26)27-18-16-25(17-19-27)24-12-8-6-9-13-24/h6-23H,4-5H2,1-3H3/b31-30+. The van der Waals surface area contributed by atoms with Gasteiger partial charge in [-0.05, 0) is 65.9 Å². The minimum atomic E-state index is 0.867. The predicted octanol–water partition coefficient (Wildman–Crippen LogP) is 7.62. The number of hydrogen-bond acceptors (Lipinski definition) is 2. The maximum Gasteiger partial charge on any atom is 0.118 e. The molecule has 0 aromatic heterocycles. The lowest BCUT2D eigenvalue weighted by atomic mass is 9.91. The van der Waals surface area contributed by atoms with Gasteiger partial charge in [0.15, 0.2) is 0 Å². The van der Waals surface area contributed by atoms with Gasteiger partial charge in [-0.25, -0.2) is 0 Å². The normalized spacial score (nSPS) is 11.6. The van der Waals surface area contributed by atoms with E-state index in [1.165, 1.54) is 39.1 Å². The zero-order chi connectivity index (χ0) is 23.0. The summed E-state index contributed by atoms with van der Waals surface area (Å²) in [7, 11) is 1.71. The number of ether oxygens (including phenoxy) is 1. The van der Waals surface area contributed by atoms with Crippen LogP contribution in [0, 0.1) is 0 Å². The van der Waals surface area contributed by atoms with Crippen molar-refractivity contribution < 1.29 is 4.74 Å². The highest BCUT2D eigenvalue weighted by Crippen LogP contribution is 2.36. The van der Waals surface area contributed by atoms with E-state index in [1.807, 2.05) is 12.1 Å². The second-order valence-electron chi connectivity index (χ2n) is 7.93. The molecule has 0 aliphatic carbocycles. The Morgan fingerprint density at radius 3 is 1.61 bits per heavy atom. The van der Waals surface area contributed by atoms with Crippen LogP contribution in [0.4, 0.5) is 0 Å². The molecule has 0 heterocycles. The van der Waals surface area contributed by atoms with E-state index in [-0.39, 0.29) is 0 Å². The van der Waals surface area contributed by atoms with Gasteiger partial charge in [0.1, 0.15) is 5.75 Å². The second kappa shape index (κ2) is 10.7. The van der Waals surface area contributed by atoms with Crippen molar-refractivity contribution in [3.8, 4) is 16.9 Å². The molecule has 0 fully saturated rings. The molecule has 0 spiro atoms. The SMILES string of the molecule is CCN(CC)/C(=C(\c1ccccc1)c1ccc(-c2ccccc2)cc1)c1ccc(OC)cc1. The number of methoxy groups -OCH3 is 1. The molecule has 0 amide bonds. The Bertz CT molecular complexity index is 1170. The van der Waals surface area contributed by atoms with Gasteiger partial charge in [-0.1, -0.05) is 84.9 Å². The Morgan fingerprint density at radius 2 is 1.06 bits per heavy atom. The molecular formula is C31H31NO. The van der Waals surface area contributed by atoms with E-state index in [9.17, 15) is 0 Å². The molecule has 0 radical (unpaired) electrons. The van der Waals surface area contributed by atoms with Crippen LogP contribution in [0.5, 0.6) is 5.75 Å². The van der Waals surface area contributed by atoms with E-state index < -0.39 is 0 Å². The molecule has 0 aliphatic rings. The van der Waals surface area contributed by atoms with Crippen LogP contribution < -0.4 is 4.74 Å². The lowest BCUT2D eigenvalue weighted by Crippen LogP contribution is -2.23. The number of nitrogens with zero attached hydrogens (tertiary/aromatic N) is 1. The van der Waals surface area contributed by atoms with Gasteiger partial charge < -0.3 is 9.64 Å². The molecule has 0 saturated heterocycles. The number of rotatable bonds is 8. The molecule has 4 rings (SSSR count). The summed E-state index contributed by atoms with van der Waals surface area (Å²) in [6.07, 6.45) is 0. The van der Waals surface area contributed by atoms with Crippen molar-refractivity contribution in [3.63, 3.8) is 0 Å². The van der Waals surface area contributed by atoms with Crippen LogP contribution in [0.25, 0.3) is 22.4 Å². The highest BCUT2D eigenvalue weighted by Gasteiger charge is 2.18. The zero-order valence-corrected chi connectivity index (χ0v) is 19.7. The Morgan fingerprint density at radius 1 is 0.576 bits per heavy atom. The van der Waals surface area contributed by atoms with E-state index in [0.29, 0.717) is 0 Å². The summed E-state index contributed by atoms with van der Waals surface area (Å²) in [5.41, 5.74) is 8.53. The highest BCUT2D eigenvalue weighted by molar-refractivity contribution is 5.98. The van der Waals surface area contributed by atoms with Crippen molar-refractivity contribution in [3.05, 3.63) is 126 Å². The molecule has 0 unspecified atom stereocenters. The van der Waals surface area contributed by atoms with Crippen LogP contribution >= 0.6 is 0 Å². The van der Waals surface area contributed by atoms with Gasteiger partial charge in [0.25, 0.3) is 0 Å². The minimum Gasteiger partial charge on any atom is -0.497 e. The van der Waals surface area contributed by atoms with E-state index in [4.69, 9.17) is 4.74 Å². The molecule has 0 bridgehead atoms. The maximum atomic E-state index is 5.42. The van der Waals surface area contributed by atoms with Crippen molar-refractivity contribution in [1.82, 2.24) is 4.90 Å². The summed E-state index contributed by atoms with van der Waals surface area (Å²) in [4.78, 5) is 2.44. The molecule has 0 aliphatic heterocycles. The van der Waals surface area contributed by atoms with Gasteiger partial charge in [0.2, 0.25) is 0 Å². The highest BCUT2D eigenvalue weighted by atomic mass is 16.5. The van der Waals surface area contributed by atoms with E-state index >= 15 is 0 Å². The Kier molecular flexibility index (Phi) is 7.26. The molecule has 2 nitrogen and oxygen atoms in total. The smallest absolute Gasteiger partial charge is 0.118 e. The van der Waals surface area contributed by atoms with Crippen LogP contribution in [-0.2, 0) is 0 Å². The number of benzene rings is 4. The summed E-state index contributed by atoms with van der Waals surface area (Å²) in [5, 5.41) is 0. The van der Waals surface area contributed by atoms with Gasteiger partial charge in [-0.3, -0.25) is 0 Å². The number of hydrogen-bond donors (Lipinski definition) is 0. The average Bonchev–Trinajstić information content (AvgIpc) is 2.90.